The molecule has 0 bridgehead atoms. The Labute approximate surface area is 195 Å². The largest absolute Gasteiger partial charge is 0.496 e. The number of carbonyl (C=O) groups excluding carboxylic acids is 1. The molecular weight excluding hydrogens is 420 g/mol. The molecule has 2 aromatic carbocycles. The van der Waals surface area contributed by atoms with Gasteiger partial charge in [-0.3, -0.25) is 0 Å². The molecule has 7 nitrogen and oxygen atoms in total. The van der Waals surface area contributed by atoms with Gasteiger partial charge in [0.05, 0.1) is 14.2 Å². The van der Waals surface area contributed by atoms with Crippen LogP contribution in [0.5, 0.6) is 11.5 Å². The van der Waals surface area contributed by atoms with E-state index in [1.54, 1.807) is 19.1 Å². The number of aryl methyl sites for hydroxylation is 1. The second-order valence-corrected chi connectivity index (χ2v) is 8.66. The number of amides is 2. The van der Waals surface area contributed by atoms with Gasteiger partial charge in [-0.1, -0.05) is 30.3 Å². The minimum atomic E-state index is -1.15. The van der Waals surface area contributed by atoms with Crippen LogP contribution in [0.4, 0.5) is 4.79 Å². The van der Waals surface area contributed by atoms with Crippen molar-refractivity contribution in [2.45, 2.75) is 57.5 Å². The predicted molar refractivity (Wildman–Crippen MR) is 127 cm³/mol. The average molecular weight is 455 g/mol. The lowest BCUT2D eigenvalue weighted by molar-refractivity contribution is -0.148. The van der Waals surface area contributed by atoms with Crippen molar-refractivity contribution in [3.63, 3.8) is 0 Å². The minimum absolute atomic E-state index is 0.333. The first-order valence-electron chi connectivity index (χ1n) is 11.4. The van der Waals surface area contributed by atoms with Crippen molar-refractivity contribution in [2.75, 3.05) is 20.8 Å². The van der Waals surface area contributed by atoms with Crippen molar-refractivity contribution in [1.82, 2.24) is 10.2 Å². The molecule has 0 radical (unpaired) electrons. The summed E-state index contributed by atoms with van der Waals surface area (Å²) in [6.07, 6.45) is 4.39. The number of nitrogens with zero attached hydrogens (tertiary/aromatic N) is 1. The van der Waals surface area contributed by atoms with E-state index in [1.807, 2.05) is 37.3 Å². The zero-order valence-electron chi connectivity index (χ0n) is 19.7. The van der Waals surface area contributed by atoms with E-state index < -0.39 is 11.5 Å². The highest BCUT2D eigenvalue weighted by Gasteiger charge is 2.46. The molecule has 0 saturated heterocycles. The van der Waals surface area contributed by atoms with Crippen molar-refractivity contribution < 1.29 is 24.2 Å². The molecule has 33 heavy (non-hydrogen) atoms. The Morgan fingerprint density at radius 2 is 1.67 bits per heavy atom. The summed E-state index contributed by atoms with van der Waals surface area (Å²) < 4.78 is 11.0. The van der Waals surface area contributed by atoms with Crippen LogP contribution in [0.3, 0.4) is 0 Å². The number of ether oxygens (including phenoxy) is 2. The van der Waals surface area contributed by atoms with Gasteiger partial charge in [-0.05, 0) is 68.7 Å². The molecule has 1 aliphatic carbocycles. The smallest absolute Gasteiger partial charge is 0.329 e. The third-order valence-corrected chi connectivity index (χ3v) is 6.42. The molecule has 2 amide bonds. The number of carbonyl (C=O) groups is 2. The zero-order chi connectivity index (χ0) is 23.8. The van der Waals surface area contributed by atoms with Crippen LogP contribution in [0.25, 0.3) is 0 Å². The van der Waals surface area contributed by atoms with E-state index in [9.17, 15) is 14.7 Å². The number of unbranched alkanes of at least 4 members (excludes halogenated alkanes) is 1. The molecule has 2 N–H and O–H groups in total. The SMILES string of the molecule is COc1cc(CN(CCCCc2ccccc2)C(=O)NC2(C(=O)O)CCC2)cc(OC)c1C. The Morgan fingerprint density at radius 3 is 2.18 bits per heavy atom. The zero-order valence-corrected chi connectivity index (χ0v) is 19.7. The molecule has 0 aliphatic heterocycles. The van der Waals surface area contributed by atoms with Crippen LogP contribution in [0.1, 0.15) is 48.8 Å². The van der Waals surface area contributed by atoms with Crippen molar-refractivity contribution in [3.05, 3.63) is 59.2 Å². The van der Waals surface area contributed by atoms with E-state index >= 15 is 0 Å². The lowest BCUT2D eigenvalue weighted by Gasteiger charge is -2.39. The van der Waals surface area contributed by atoms with Gasteiger partial charge in [0.2, 0.25) is 0 Å². The predicted octanol–water partition coefficient (Wildman–Crippen LogP) is 4.55. The van der Waals surface area contributed by atoms with Crippen molar-refractivity contribution in [3.8, 4) is 11.5 Å². The number of rotatable bonds is 11. The van der Waals surface area contributed by atoms with E-state index in [1.165, 1.54) is 5.56 Å². The number of hydrogen-bond donors (Lipinski definition) is 2. The molecule has 0 heterocycles. The highest BCUT2D eigenvalue weighted by atomic mass is 16.5. The highest BCUT2D eigenvalue weighted by Crippen LogP contribution is 2.33. The first kappa shape index (κ1) is 24.4. The lowest BCUT2D eigenvalue weighted by atomic mass is 9.77. The number of methoxy groups -OCH3 is 2. The summed E-state index contributed by atoms with van der Waals surface area (Å²) in [6, 6.07) is 13.7. The number of nitrogens with one attached hydrogen (secondary N) is 1. The maximum Gasteiger partial charge on any atom is 0.329 e. The van der Waals surface area contributed by atoms with Gasteiger partial charge in [0, 0.05) is 18.7 Å². The van der Waals surface area contributed by atoms with Crippen LogP contribution >= 0.6 is 0 Å². The second kappa shape index (κ2) is 11.1. The Kier molecular flexibility index (Phi) is 8.20. The number of carboxylic acids is 1. The fourth-order valence-corrected chi connectivity index (χ4v) is 4.19. The van der Waals surface area contributed by atoms with Gasteiger partial charge in [0.15, 0.2) is 0 Å². The van der Waals surface area contributed by atoms with Gasteiger partial charge in [0.25, 0.3) is 0 Å². The van der Waals surface area contributed by atoms with Crippen LogP contribution in [-0.2, 0) is 17.8 Å². The van der Waals surface area contributed by atoms with Crippen molar-refractivity contribution in [2.24, 2.45) is 0 Å². The van der Waals surface area contributed by atoms with Gasteiger partial charge in [-0.2, -0.15) is 0 Å². The normalized spacial score (nSPS) is 14.2. The monoisotopic (exact) mass is 454 g/mol. The summed E-state index contributed by atoms with van der Waals surface area (Å²) in [5, 5.41) is 12.4. The molecule has 3 rings (SSSR count). The van der Waals surface area contributed by atoms with E-state index in [-0.39, 0.29) is 6.03 Å². The van der Waals surface area contributed by atoms with Gasteiger partial charge < -0.3 is 24.8 Å². The summed E-state index contributed by atoms with van der Waals surface area (Å²) >= 11 is 0. The first-order chi connectivity index (χ1) is 15.9. The van der Waals surface area contributed by atoms with Gasteiger partial charge in [0.1, 0.15) is 17.0 Å². The number of carboxylic acid groups (broad SMARTS) is 1. The van der Waals surface area contributed by atoms with E-state index in [0.717, 1.165) is 36.8 Å². The summed E-state index contributed by atoms with van der Waals surface area (Å²) in [7, 11) is 3.21. The Morgan fingerprint density at radius 1 is 1.03 bits per heavy atom. The summed E-state index contributed by atoms with van der Waals surface area (Å²) in [5.74, 6) is 0.411. The number of hydrogen-bond acceptors (Lipinski definition) is 4. The molecule has 0 aromatic heterocycles. The molecule has 2 aromatic rings. The van der Waals surface area contributed by atoms with Gasteiger partial charge in [-0.25, -0.2) is 9.59 Å². The molecule has 178 valence electrons. The summed E-state index contributed by atoms with van der Waals surface area (Å²) in [5.41, 5.74) is 1.87. The third kappa shape index (κ3) is 5.97. The van der Waals surface area contributed by atoms with E-state index in [4.69, 9.17) is 9.47 Å². The third-order valence-electron chi connectivity index (χ3n) is 6.42. The molecule has 1 fully saturated rings. The van der Waals surface area contributed by atoms with Gasteiger partial charge >= 0.3 is 12.0 Å². The Balaban J connectivity index is 1.73. The topological polar surface area (TPSA) is 88.1 Å². The molecule has 7 heteroatoms. The van der Waals surface area contributed by atoms with Crippen LogP contribution in [-0.4, -0.2) is 48.3 Å². The fraction of sp³-hybridized carbons (Fsp3) is 0.462. The summed E-state index contributed by atoms with van der Waals surface area (Å²) in [4.78, 5) is 26.7. The summed E-state index contributed by atoms with van der Waals surface area (Å²) in [6.45, 7) is 2.77. The maximum absolute atomic E-state index is 13.2. The minimum Gasteiger partial charge on any atom is -0.496 e. The molecule has 0 spiro atoms. The van der Waals surface area contributed by atoms with Crippen LogP contribution in [0.2, 0.25) is 0 Å². The number of benzene rings is 2. The molecule has 1 aliphatic rings. The van der Waals surface area contributed by atoms with Gasteiger partial charge in [-0.15, -0.1) is 0 Å². The Hall–Kier alpha value is -3.22. The standard InChI is InChI=1S/C26H34N2O5/c1-19-22(32-2)16-21(17-23(19)33-3)18-28(15-8-7-12-20-10-5-4-6-11-20)25(31)27-26(24(29)30)13-9-14-26/h4-6,10-11,16-17H,7-9,12-15,18H2,1-3H3,(H,27,31)(H,29,30). The van der Waals surface area contributed by atoms with Crippen LogP contribution < -0.4 is 14.8 Å². The average Bonchev–Trinajstić information content (AvgIpc) is 2.79. The van der Waals surface area contributed by atoms with Crippen LogP contribution in [0, 0.1) is 6.92 Å². The molecule has 0 atom stereocenters. The van der Waals surface area contributed by atoms with Crippen molar-refractivity contribution >= 4 is 12.0 Å². The molecule has 1 saturated carbocycles. The van der Waals surface area contributed by atoms with E-state index in [0.29, 0.717) is 37.4 Å². The second-order valence-electron chi connectivity index (χ2n) is 8.66. The van der Waals surface area contributed by atoms with Crippen molar-refractivity contribution in [1.29, 1.82) is 0 Å². The van der Waals surface area contributed by atoms with Crippen LogP contribution in [0.15, 0.2) is 42.5 Å². The molecular formula is C26H34N2O5. The highest BCUT2D eigenvalue weighted by molar-refractivity contribution is 5.87. The van der Waals surface area contributed by atoms with E-state index in [2.05, 4.69) is 17.4 Å². The number of urea groups is 1. The maximum atomic E-state index is 13.2. The Bertz CT molecular complexity index is 931. The number of aliphatic carboxylic acids is 1. The lowest BCUT2D eigenvalue weighted by Crippen LogP contribution is -2.61. The fourth-order valence-electron chi connectivity index (χ4n) is 4.19. The first-order valence-corrected chi connectivity index (χ1v) is 11.4. The molecule has 0 unspecified atom stereocenters. The quantitative estimate of drug-likeness (QED) is 0.486.